The monoisotopic (exact) mass is 279 g/mol. The van der Waals surface area contributed by atoms with E-state index in [1.54, 1.807) is 24.1 Å². The maximum Gasteiger partial charge on any atom is 0.256 e. The van der Waals surface area contributed by atoms with Crippen molar-refractivity contribution < 1.29 is 9.18 Å². The van der Waals surface area contributed by atoms with Gasteiger partial charge in [-0.2, -0.15) is 0 Å². The number of amides is 1. The molecular formula is C15H22FN3O. The molecule has 1 aromatic rings. The Hall–Kier alpha value is -1.46. The minimum absolute atomic E-state index is 0.151. The molecule has 0 aromatic heterocycles. The van der Waals surface area contributed by atoms with Crippen molar-refractivity contribution in [3.05, 3.63) is 35.1 Å². The molecule has 1 aromatic carbocycles. The van der Waals surface area contributed by atoms with Crippen molar-refractivity contribution in [2.24, 2.45) is 0 Å². The second-order valence-corrected chi connectivity index (χ2v) is 5.30. The molecule has 2 rings (SSSR count). The van der Waals surface area contributed by atoms with E-state index in [-0.39, 0.29) is 11.5 Å². The highest BCUT2D eigenvalue weighted by Gasteiger charge is 2.17. The van der Waals surface area contributed by atoms with Crippen LogP contribution < -0.4 is 5.32 Å². The minimum atomic E-state index is -0.441. The zero-order valence-electron chi connectivity index (χ0n) is 12.2. The number of piperazine rings is 1. The summed E-state index contributed by atoms with van der Waals surface area (Å²) in [6.45, 7) is 7.24. The number of carbonyl (C=O) groups is 1. The Kier molecular flexibility index (Phi) is 5.09. The molecule has 110 valence electrons. The van der Waals surface area contributed by atoms with Gasteiger partial charge in [0.2, 0.25) is 0 Å². The first kappa shape index (κ1) is 14.9. The zero-order valence-corrected chi connectivity index (χ0v) is 12.2. The predicted molar refractivity (Wildman–Crippen MR) is 77.4 cm³/mol. The van der Waals surface area contributed by atoms with Crippen LogP contribution in [0.1, 0.15) is 15.9 Å². The number of hydrogen-bond acceptors (Lipinski definition) is 3. The number of aryl methyl sites for hydroxylation is 1. The average Bonchev–Trinajstić information content (AvgIpc) is 2.45. The first-order valence-corrected chi connectivity index (χ1v) is 7.02. The van der Waals surface area contributed by atoms with E-state index in [0.29, 0.717) is 6.54 Å². The Labute approximate surface area is 119 Å². The lowest BCUT2D eigenvalue weighted by Crippen LogP contribution is -2.46. The maximum absolute atomic E-state index is 13.8. The summed E-state index contributed by atoms with van der Waals surface area (Å²) in [6, 6.07) is 4.73. The van der Waals surface area contributed by atoms with Crippen molar-refractivity contribution in [3.8, 4) is 0 Å². The fourth-order valence-corrected chi connectivity index (χ4v) is 2.33. The Morgan fingerprint density at radius 2 is 2.10 bits per heavy atom. The highest BCUT2D eigenvalue weighted by molar-refractivity contribution is 5.94. The normalized spacial score (nSPS) is 16.1. The average molecular weight is 279 g/mol. The van der Waals surface area contributed by atoms with Crippen molar-refractivity contribution in [1.82, 2.24) is 15.1 Å². The quantitative estimate of drug-likeness (QED) is 0.897. The molecular weight excluding hydrogens is 257 g/mol. The van der Waals surface area contributed by atoms with Crippen LogP contribution in [0.3, 0.4) is 0 Å². The van der Waals surface area contributed by atoms with Gasteiger partial charge in [0.25, 0.3) is 5.91 Å². The molecule has 0 aliphatic carbocycles. The first-order valence-electron chi connectivity index (χ1n) is 7.02. The first-order chi connectivity index (χ1) is 9.58. The van der Waals surface area contributed by atoms with Gasteiger partial charge in [0.15, 0.2) is 0 Å². The van der Waals surface area contributed by atoms with Crippen molar-refractivity contribution in [1.29, 1.82) is 0 Å². The molecule has 0 atom stereocenters. The van der Waals surface area contributed by atoms with Crippen LogP contribution in [0.2, 0.25) is 0 Å². The smallest absolute Gasteiger partial charge is 0.256 e. The summed E-state index contributed by atoms with van der Waals surface area (Å²) in [6.07, 6.45) is 0. The molecule has 4 nitrogen and oxygen atoms in total. The summed E-state index contributed by atoms with van der Waals surface area (Å²) in [5.74, 6) is -0.693. The van der Waals surface area contributed by atoms with E-state index >= 15 is 0 Å². The molecule has 1 heterocycles. The summed E-state index contributed by atoms with van der Waals surface area (Å²) < 4.78 is 13.8. The zero-order chi connectivity index (χ0) is 14.5. The van der Waals surface area contributed by atoms with E-state index < -0.39 is 5.82 Å². The van der Waals surface area contributed by atoms with Gasteiger partial charge in [-0.1, -0.05) is 6.07 Å². The number of nitrogens with zero attached hydrogens (tertiary/aromatic N) is 2. The van der Waals surface area contributed by atoms with Crippen molar-refractivity contribution in [3.63, 3.8) is 0 Å². The lowest BCUT2D eigenvalue weighted by molar-refractivity contribution is 0.0770. The van der Waals surface area contributed by atoms with Gasteiger partial charge in [-0.3, -0.25) is 9.69 Å². The van der Waals surface area contributed by atoms with Gasteiger partial charge in [0.1, 0.15) is 5.82 Å². The number of carbonyl (C=O) groups excluding carboxylic acids is 1. The van der Waals surface area contributed by atoms with E-state index in [1.165, 1.54) is 6.07 Å². The van der Waals surface area contributed by atoms with E-state index in [9.17, 15) is 9.18 Å². The molecule has 1 amide bonds. The molecule has 1 fully saturated rings. The Morgan fingerprint density at radius 3 is 2.75 bits per heavy atom. The van der Waals surface area contributed by atoms with Crippen LogP contribution in [0.25, 0.3) is 0 Å². The van der Waals surface area contributed by atoms with Gasteiger partial charge in [-0.15, -0.1) is 0 Å². The molecule has 0 spiro atoms. The lowest BCUT2D eigenvalue weighted by Gasteiger charge is -2.29. The standard InChI is InChI=1S/C15H22FN3O/c1-12-3-4-13(14(16)11-12)15(20)18(2)9-10-19-7-5-17-6-8-19/h3-4,11,17H,5-10H2,1-2H3. The number of hydrogen-bond donors (Lipinski definition) is 1. The highest BCUT2D eigenvalue weighted by Crippen LogP contribution is 2.12. The van der Waals surface area contributed by atoms with Crippen LogP contribution >= 0.6 is 0 Å². The summed E-state index contributed by atoms with van der Waals surface area (Å²) in [4.78, 5) is 16.1. The fourth-order valence-electron chi connectivity index (χ4n) is 2.33. The van der Waals surface area contributed by atoms with Crippen molar-refractivity contribution >= 4 is 5.91 Å². The van der Waals surface area contributed by atoms with Crippen LogP contribution in [-0.4, -0.2) is 62.0 Å². The Morgan fingerprint density at radius 1 is 1.40 bits per heavy atom. The van der Waals surface area contributed by atoms with Gasteiger partial charge in [0.05, 0.1) is 5.56 Å². The Bertz CT molecular complexity index is 472. The molecule has 0 saturated carbocycles. The predicted octanol–water partition coefficient (Wildman–Crippen LogP) is 1.11. The molecule has 1 N–H and O–H groups in total. The van der Waals surface area contributed by atoms with E-state index in [1.807, 2.05) is 6.92 Å². The molecule has 0 unspecified atom stereocenters. The van der Waals surface area contributed by atoms with Crippen molar-refractivity contribution in [2.75, 3.05) is 46.3 Å². The maximum atomic E-state index is 13.8. The van der Waals surface area contributed by atoms with Crippen LogP contribution in [0.5, 0.6) is 0 Å². The molecule has 20 heavy (non-hydrogen) atoms. The SMILES string of the molecule is Cc1ccc(C(=O)N(C)CCN2CCNCC2)c(F)c1. The third kappa shape index (κ3) is 3.77. The van der Waals surface area contributed by atoms with Crippen LogP contribution in [-0.2, 0) is 0 Å². The summed E-state index contributed by atoms with van der Waals surface area (Å²) in [7, 11) is 1.73. The number of likely N-dealkylation sites (N-methyl/N-ethyl adjacent to an activating group) is 1. The van der Waals surface area contributed by atoms with Gasteiger partial charge in [0, 0.05) is 46.3 Å². The summed E-state index contributed by atoms with van der Waals surface area (Å²) in [5.41, 5.74) is 0.973. The number of rotatable bonds is 4. The number of nitrogens with one attached hydrogen (secondary N) is 1. The van der Waals surface area contributed by atoms with E-state index in [0.717, 1.165) is 38.3 Å². The van der Waals surface area contributed by atoms with Gasteiger partial charge < -0.3 is 10.2 Å². The van der Waals surface area contributed by atoms with Crippen LogP contribution in [0.4, 0.5) is 4.39 Å². The summed E-state index contributed by atoms with van der Waals surface area (Å²) >= 11 is 0. The Balaban J connectivity index is 1.90. The van der Waals surface area contributed by atoms with Crippen molar-refractivity contribution in [2.45, 2.75) is 6.92 Å². The topological polar surface area (TPSA) is 35.6 Å². The highest BCUT2D eigenvalue weighted by atomic mass is 19.1. The summed E-state index contributed by atoms with van der Waals surface area (Å²) in [5, 5.41) is 3.29. The van der Waals surface area contributed by atoms with Gasteiger partial charge >= 0.3 is 0 Å². The second-order valence-electron chi connectivity index (χ2n) is 5.30. The van der Waals surface area contributed by atoms with Crippen LogP contribution in [0, 0.1) is 12.7 Å². The van der Waals surface area contributed by atoms with Crippen LogP contribution in [0.15, 0.2) is 18.2 Å². The molecule has 0 bridgehead atoms. The largest absolute Gasteiger partial charge is 0.340 e. The number of halogens is 1. The van der Waals surface area contributed by atoms with Gasteiger partial charge in [-0.05, 0) is 24.6 Å². The minimum Gasteiger partial charge on any atom is -0.340 e. The molecule has 1 aliphatic heterocycles. The second kappa shape index (κ2) is 6.81. The molecule has 5 heteroatoms. The fraction of sp³-hybridized carbons (Fsp3) is 0.533. The molecule has 1 aliphatic rings. The molecule has 1 saturated heterocycles. The van der Waals surface area contributed by atoms with E-state index in [4.69, 9.17) is 0 Å². The lowest BCUT2D eigenvalue weighted by atomic mass is 10.1. The third-order valence-electron chi connectivity index (χ3n) is 3.66. The molecule has 0 radical (unpaired) electrons. The third-order valence-corrected chi connectivity index (χ3v) is 3.66. The van der Waals surface area contributed by atoms with E-state index in [2.05, 4.69) is 10.2 Å². The van der Waals surface area contributed by atoms with Gasteiger partial charge in [-0.25, -0.2) is 4.39 Å². The number of benzene rings is 1.